The Morgan fingerprint density at radius 2 is 2.30 bits per heavy atom. The van der Waals surface area contributed by atoms with Gasteiger partial charge in [0.05, 0.1) is 6.20 Å². The summed E-state index contributed by atoms with van der Waals surface area (Å²) in [5.74, 6) is -0.593. The first-order valence-electron chi connectivity index (χ1n) is 2.25. The molecule has 10 heavy (non-hydrogen) atoms. The molecule has 5 N–H and O–H groups in total. The predicted octanol–water partition coefficient (Wildman–Crippen LogP) is -0.868. The Morgan fingerprint density at radius 1 is 1.60 bits per heavy atom. The first-order chi connectivity index (χ1) is 4.30. The van der Waals surface area contributed by atoms with Gasteiger partial charge in [-0.1, -0.05) is 0 Å². The fourth-order valence-electron chi connectivity index (χ4n) is 0.372. The summed E-state index contributed by atoms with van der Waals surface area (Å²) in [6.45, 7) is 0. The summed E-state index contributed by atoms with van der Waals surface area (Å²) in [4.78, 5) is 10.3. The third kappa shape index (κ3) is 1.75. The fourth-order valence-corrected chi connectivity index (χ4v) is 0.372. The Labute approximate surface area is 57.0 Å². The zero-order valence-electron chi connectivity index (χ0n) is 5.19. The molecule has 0 spiro atoms. The number of aromatic nitrogens is 3. The maximum atomic E-state index is 10.3. The molecule has 1 rings (SSSR count). The van der Waals surface area contributed by atoms with Crippen molar-refractivity contribution in [2.75, 3.05) is 0 Å². The van der Waals surface area contributed by atoms with Gasteiger partial charge in [0.2, 0.25) is 0 Å². The summed E-state index contributed by atoms with van der Waals surface area (Å²) < 4.78 is 0. The van der Waals surface area contributed by atoms with E-state index in [1.807, 2.05) is 0 Å². The van der Waals surface area contributed by atoms with Crippen molar-refractivity contribution in [2.24, 2.45) is 5.73 Å². The van der Waals surface area contributed by atoms with Crippen LogP contribution in [0.1, 0.15) is 10.5 Å². The zero-order chi connectivity index (χ0) is 6.69. The highest BCUT2D eigenvalue weighted by molar-refractivity contribution is 5.90. The Morgan fingerprint density at radius 3 is 2.60 bits per heavy atom. The van der Waals surface area contributed by atoms with Crippen LogP contribution < -0.4 is 11.9 Å². The molecule has 0 bridgehead atoms. The van der Waals surface area contributed by atoms with E-state index < -0.39 is 5.91 Å². The molecule has 1 heterocycles. The Hall–Kier alpha value is -1.56. The van der Waals surface area contributed by atoms with Crippen molar-refractivity contribution in [2.45, 2.75) is 0 Å². The second kappa shape index (κ2) is 3.46. The lowest BCUT2D eigenvalue weighted by molar-refractivity contribution is 0.0994. The smallest absolute Gasteiger partial charge is 0.269 e. The van der Waals surface area contributed by atoms with Crippen molar-refractivity contribution in [1.29, 1.82) is 0 Å². The van der Waals surface area contributed by atoms with Crippen LogP contribution in [0.5, 0.6) is 0 Å². The highest BCUT2D eigenvalue weighted by atomic mass is 16.1. The SMILES string of the molecule is N.NC(=O)c1ccnnn1. The summed E-state index contributed by atoms with van der Waals surface area (Å²) >= 11 is 0. The minimum Gasteiger partial charge on any atom is -0.364 e. The Kier molecular flexibility index (Phi) is 2.92. The molecule has 1 aromatic rings. The Balaban J connectivity index is 0.000000810. The van der Waals surface area contributed by atoms with Crippen molar-refractivity contribution in [3.8, 4) is 0 Å². The lowest BCUT2D eigenvalue weighted by atomic mass is 10.4. The highest BCUT2D eigenvalue weighted by Gasteiger charge is 1.98. The summed E-state index contributed by atoms with van der Waals surface area (Å²) in [7, 11) is 0. The van der Waals surface area contributed by atoms with Crippen LogP contribution in [0.15, 0.2) is 12.3 Å². The largest absolute Gasteiger partial charge is 0.364 e. The minimum atomic E-state index is -0.593. The van der Waals surface area contributed by atoms with Gasteiger partial charge in [-0.25, -0.2) is 0 Å². The lowest BCUT2D eigenvalue weighted by Gasteiger charge is -1.86. The van der Waals surface area contributed by atoms with Crippen molar-refractivity contribution >= 4 is 5.91 Å². The number of amides is 1. The number of rotatable bonds is 1. The Bertz CT molecular complexity index is 210. The molecule has 0 saturated heterocycles. The quantitative estimate of drug-likeness (QED) is 0.527. The van der Waals surface area contributed by atoms with Crippen LogP contribution in [0.3, 0.4) is 0 Å². The highest BCUT2D eigenvalue weighted by Crippen LogP contribution is 1.83. The predicted molar refractivity (Wildman–Crippen MR) is 33.4 cm³/mol. The van der Waals surface area contributed by atoms with Gasteiger partial charge in [0.25, 0.3) is 5.91 Å². The van der Waals surface area contributed by atoms with Crippen LogP contribution in [0.25, 0.3) is 0 Å². The molecular weight excluding hydrogens is 134 g/mol. The summed E-state index contributed by atoms with van der Waals surface area (Å²) in [6.07, 6.45) is 1.35. The molecule has 0 aromatic carbocycles. The van der Waals surface area contributed by atoms with Crippen molar-refractivity contribution in [1.82, 2.24) is 21.6 Å². The molecule has 0 atom stereocenters. The van der Waals surface area contributed by atoms with Crippen LogP contribution >= 0.6 is 0 Å². The first kappa shape index (κ1) is 8.44. The van der Waals surface area contributed by atoms with Crippen LogP contribution in [-0.2, 0) is 0 Å². The molecule has 1 amide bonds. The van der Waals surface area contributed by atoms with Gasteiger partial charge >= 0.3 is 0 Å². The van der Waals surface area contributed by atoms with E-state index >= 15 is 0 Å². The molecule has 6 nitrogen and oxygen atoms in total. The molecule has 6 heteroatoms. The number of carbonyl (C=O) groups is 1. The molecule has 0 aliphatic rings. The van der Waals surface area contributed by atoms with E-state index in [0.717, 1.165) is 0 Å². The minimum absolute atomic E-state index is 0. The second-order valence-corrected chi connectivity index (χ2v) is 1.37. The summed E-state index contributed by atoms with van der Waals surface area (Å²) in [6, 6.07) is 1.40. The molecule has 0 radical (unpaired) electrons. The summed E-state index contributed by atoms with van der Waals surface area (Å²) in [5.41, 5.74) is 4.97. The van der Waals surface area contributed by atoms with Gasteiger partial charge in [-0.3, -0.25) is 4.79 Å². The van der Waals surface area contributed by atoms with Crippen molar-refractivity contribution < 1.29 is 4.79 Å². The molecular formula is C4H7N5O. The van der Waals surface area contributed by atoms with Gasteiger partial charge < -0.3 is 11.9 Å². The van der Waals surface area contributed by atoms with E-state index in [9.17, 15) is 4.79 Å². The van der Waals surface area contributed by atoms with E-state index in [0.29, 0.717) is 0 Å². The maximum absolute atomic E-state index is 10.3. The molecule has 0 aliphatic heterocycles. The first-order valence-corrected chi connectivity index (χ1v) is 2.25. The second-order valence-electron chi connectivity index (χ2n) is 1.37. The normalized spacial score (nSPS) is 8.00. The van der Waals surface area contributed by atoms with E-state index in [-0.39, 0.29) is 11.8 Å². The number of primary amides is 1. The van der Waals surface area contributed by atoms with Crippen LogP contribution in [0.4, 0.5) is 0 Å². The number of hydrogen-bond acceptors (Lipinski definition) is 5. The van der Waals surface area contributed by atoms with Gasteiger partial charge in [-0.15, -0.1) is 10.2 Å². The topological polar surface area (TPSA) is 117 Å². The maximum Gasteiger partial charge on any atom is 0.269 e. The van der Waals surface area contributed by atoms with E-state index in [1.165, 1.54) is 12.3 Å². The van der Waals surface area contributed by atoms with Gasteiger partial charge in [0.15, 0.2) is 5.69 Å². The monoisotopic (exact) mass is 141 g/mol. The van der Waals surface area contributed by atoms with Gasteiger partial charge in [0.1, 0.15) is 0 Å². The van der Waals surface area contributed by atoms with E-state index in [1.54, 1.807) is 0 Å². The number of hydrogen-bond donors (Lipinski definition) is 2. The average Bonchev–Trinajstić information content (AvgIpc) is 1.90. The third-order valence-corrected chi connectivity index (χ3v) is 0.756. The molecule has 1 aromatic heterocycles. The third-order valence-electron chi connectivity index (χ3n) is 0.756. The van der Waals surface area contributed by atoms with Gasteiger partial charge in [0, 0.05) is 0 Å². The molecule has 0 fully saturated rings. The van der Waals surface area contributed by atoms with Gasteiger partial charge in [-0.05, 0) is 11.3 Å². The lowest BCUT2D eigenvalue weighted by Crippen LogP contribution is -2.13. The van der Waals surface area contributed by atoms with Crippen LogP contribution in [0, 0.1) is 0 Å². The molecule has 0 aliphatic carbocycles. The van der Waals surface area contributed by atoms with Crippen LogP contribution in [0.2, 0.25) is 0 Å². The van der Waals surface area contributed by atoms with E-state index in [4.69, 9.17) is 5.73 Å². The van der Waals surface area contributed by atoms with Crippen molar-refractivity contribution in [3.63, 3.8) is 0 Å². The molecule has 0 unspecified atom stereocenters. The average molecular weight is 141 g/mol. The van der Waals surface area contributed by atoms with Crippen LogP contribution in [-0.4, -0.2) is 21.3 Å². The van der Waals surface area contributed by atoms with Gasteiger partial charge in [-0.2, -0.15) is 0 Å². The number of nitrogens with zero attached hydrogens (tertiary/aromatic N) is 3. The molecule has 54 valence electrons. The number of nitrogens with two attached hydrogens (primary N) is 1. The standard InChI is InChI=1S/C4H4N4O.H3N/c5-4(9)3-1-2-6-8-7-3;/h1-2H,(H2,5,9);1H3. The fraction of sp³-hybridized carbons (Fsp3) is 0. The van der Waals surface area contributed by atoms with E-state index in [2.05, 4.69) is 15.4 Å². The van der Waals surface area contributed by atoms with Crippen molar-refractivity contribution in [3.05, 3.63) is 18.0 Å². The summed E-state index contributed by atoms with van der Waals surface area (Å²) in [5, 5.41) is 9.91. The molecule has 0 saturated carbocycles. The number of carbonyl (C=O) groups excluding carboxylic acids is 1. The zero-order valence-corrected chi connectivity index (χ0v) is 5.19.